The molecule has 112 valence electrons. The van der Waals surface area contributed by atoms with Crippen molar-refractivity contribution in [2.45, 2.75) is 26.3 Å². The number of ether oxygens (including phenoxy) is 1. The van der Waals surface area contributed by atoms with Gasteiger partial charge in [0.25, 0.3) is 0 Å². The zero-order chi connectivity index (χ0) is 15.5. The number of Topliss-reactive ketones (excluding diaryl/α,β-unsaturated/α-hetero) is 1. The lowest BCUT2D eigenvalue weighted by Crippen LogP contribution is -2.33. The Hall–Kier alpha value is -1.40. The number of carbonyl (C=O) groups excluding carboxylic acids is 1. The lowest BCUT2D eigenvalue weighted by atomic mass is 9.96. The molecule has 2 N–H and O–H groups in total. The fourth-order valence-corrected chi connectivity index (χ4v) is 2.63. The first kappa shape index (κ1) is 16.7. The van der Waals surface area contributed by atoms with Gasteiger partial charge in [-0.1, -0.05) is 0 Å². The Balaban J connectivity index is 2.95. The maximum Gasteiger partial charge on any atom is 0.179 e. The van der Waals surface area contributed by atoms with Crippen LogP contribution in [0, 0.1) is 13.8 Å². The van der Waals surface area contributed by atoms with Crippen molar-refractivity contribution in [3.05, 3.63) is 28.8 Å². The molecule has 0 aliphatic rings. The lowest BCUT2D eigenvalue weighted by molar-refractivity contribution is 0.0959. The molecule has 5 nitrogen and oxygen atoms in total. The third-order valence-corrected chi connectivity index (χ3v) is 4.12. The summed E-state index contributed by atoms with van der Waals surface area (Å²) in [5, 5.41) is 0. The summed E-state index contributed by atoms with van der Waals surface area (Å²) in [5.74, 6) is 0.384. The van der Waals surface area contributed by atoms with E-state index >= 15 is 0 Å². The van der Waals surface area contributed by atoms with Crippen molar-refractivity contribution >= 4 is 15.6 Å². The van der Waals surface area contributed by atoms with Gasteiger partial charge in [-0.3, -0.25) is 4.79 Å². The Labute approximate surface area is 120 Å². The van der Waals surface area contributed by atoms with E-state index in [0.717, 1.165) is 17.4 Å². The van der Waals surface area contributed by atoms with Gasteiger partial charge in [0.2, 0.25) is 0 Å². The quantitative estimate of drug-likeness (QED) is 0.799. The predicted octanol–water partition coefficient (Wildman–Crippen LogP) is 1.26. The van der Waals surface area contributed by atoms with Gasteiger partial charge in [-0.25, -0.2) is 8.42 Å². The van der Waals surface area contributed by atoms with Gasteiger partial charge in [0.15, 0.2) is 5.78 Å². The Bertz CT molecular complexity index is 608. The summed E-state index contributed by atoms with van der Waals surface area (Å²) in [7, 11) is -1.55. The van der Waals surface area contributed by atoms with Crippen molar-refractivity contribution in [1.29, 1.82) is 0 Å². The Morgan fingerprint density at radius 3 is 2.40 bits per heavy atom. The van der Waals surface area contributed by atoms with Gasteiger partial charge in [0, 0.05) is 11.8 Å². The second-order valence-electron chi connectivity index (χ2n) is 5.03. The molecule has 1 atom stereocenters. The van der Waals surface area contributed by atoms with Crippen molar-refractivity contribution in [3.63, 3.8) is 0 Å². The summed E-state index contributed by atoms with van der Waals surface area (Å²) in [5.41, 5.74) is 7.93. The molecule has 0 heterocycles. The van der Waals surface area contributed by atoms with Crippen molar-refractivity contribution in [2.24, 2.45) is 5.73 Å². The summed E-state index contributed by atoms with van der Waals surface area (Å²) in [6.07, 6.45) is 1.26. The minimum Gasteiger partial charge on any atom is -0.496 e. The van der Waals surface area contributed by atoms with E-state index in [-0.39, 0.29) is 18.0 Å². The molecule has 0 amide bonds. The normalized spacial score (nSPS) is 13.1. The first-order chi connectivity index (χ1) is 9.15. The van der Waals surface area contributed by atoms with Gasteiger partial charge in [-0.15, -0.1) is 0 Å². The minimum atomic E-state index is -3.12. The van der Waals surface area contributed by atoms with E-state index in [1.165, 1.54) is 0 Å². The van der Waals surface area contributed by atoms with Crippen LogP contribution in [-0.2, 0) is 9.84 Å². The number of nitrogens with two attached hydrogens (primary N) is 1. The highest BCUT2D eigenvalue weighted by Crippen LogP contribution is 2.23. The molecular formula is C14H21NO4S. The first-order valence-corrected chi connectivity index (χ1v) is 8.34. The van der Waals surface area contributed by atoms with Crippen molar-refractivity contribution in [2.75, 3.05) is 19.1 Å². The number of carbonyl (C=O) groups is 1. The number of rotatable bonds is 6. The topological polar surface area (TPSA) is 86.5 Å². The zero-order valence-corrected chi connectivity index (χ0v) is 13.1. The summed E-state index contributed by atoms with van der Waals surface area (Å²) in [4.78, 5) is 12.3. The van der Waals surface area contributed by atoms with E-state index < -0.39 is 15.9 Å². The average Bonchev–Trinajstić information content (AvgIpc) is 2.36. The van der Waals surface area contributed by atoms with Crippen LogP contribution in [0.15, 0.2) is 12.1 Å². The molecule has 0 saturated heterocycles. The molecule has 1 rings (SSSR count). The second kappa shape index (κ2) is 6.37. The monoisotopic (exact) mass is 299 g/mol. The Kier molecular flexibility index (Phi) is 5.30. The second-order valence-corrected chi connectivity index (χ2v) is 7.29. The van der Waals surface area contributed by atoms with Crippen molar-refractivity contribution in [3.8, 4) is 5.75 Å². The number of benzene rings is 1. The van der Waals surface area contributed by atoms with Gasteiger partial charge in [-0.05, 0) is 43.5 Å². The summed E-state index contributed by atoms with van der Waals surface area (Å²) < 4.78 is 27.4. The van der Waals surface area contributed by atoms with Crippen molar-refractivity contribution in [1.82, 2.24) is 0 Å². The summed E-state index contributed by atoms with van der Waals surface area (Å²) in [6, 6.07) is 2.71. The van der Waals surface area contributed by atoms with Gasteiger partial charge in [0.1, 0.15) is 15.6 Å². The summed E-state index contributed by atoms with van der Waals surface area (Å²) in [6.45, 7) is 3.65. The largest absolute Gasteiger partial charge is 0.496 e. The van der Waals surface area contributed by atoms with Gasteiger partial charge < -0.3 is 10.5 Å². The molecule has 1 unspecified atom stereocenters. The smallest absolute Gasteiger partial charge is 0.179 e. The standard InChI is InChI=1S/C14H21NO4S/c1-9-8-13(19-3)10(2)7-11(9)14(16)12(15)5-6-20(4,17)18/h7-8,12H,5-6,15H2,1-4H3. The van der Waals surface area contributed by atoms with E-state index in [1.54, 1.807) is 26.2 Å². The van der Waals surface area contributed by atoms with E-state index in [9.17, 15) is 13.2 Å². The zero-order valence-electron chi connectivity index (χ0n) is 12.3. The highest BCUT2D eigenvalue weighted by Gasteiger charge is 2.20. The number of ketones is 1. The third-order valence-electron chi connectivity index (χ3n) is 3.14. The third kappa shape index (κ3) is 4.31. The van der Waals surface area contributed by atoms with Crippen molar-refractivity contribution < 1.29 is 17.9 Å². The van der Waals surface area contributed by atoms with Crippen LogP contribution in [0.5, 0.6) is 5.75 Å². The van der Waals surface area contributed by atoms with E-state index in [2.05, 4.69) is 0 Å². The van der Waals surface area contributed by atoms with Gasteiger partial charge >= 0.3 is 0 Å². The summed E-state index contributed by atoms with van der Waals surface area (Å²) >= 11 is 0. The molecule has 0 spiro atoms. The number of hydrogen-bond acceptors (Lipinski definition) is 5. The van der Waals surface area contributed by atoms with E-state index in [4.69, 9.17) is 10.5 Å². The van der Waals surface area contributed by atoms with Crippen LogP contribution in [0.2, 0.25) is 0 Å². The Morgan fingerprint density at radius 1 is 1.30 bits per heavy atom. The molecule has 0 radical (unpaired) electrons. The molecule has 6 heteroatoms. The molecule has 0 aromatic heterocycles. The first-order valence-electron chi connectivity index (χ1n) is 6.28. The number of methoxy groups -OCH3 is 1. The molecule has 1 aromatic carbocycles. The van der Waals surface area contributed by atoms with Gasteiger partial charge in [0.05, 0.1) is 18.9 Å². The molecule has 0 saturated carbocycles. The van der Waals surface area contributed by atoms with E-state index in [1.807, 2.05) is 6.92 Å². The van der Waals surface area contributed by atoms with Crippen LogP contribution in [0.4, 0.5) is 0 Å². The molecule has 0 aliphatic heterocycles. The molecule has 1 aromatic rings. The lowest BCUT2D eigenvalue weighted by Gasteiger charge is -2.14. The van der Waals surface area contributed by atoms with Crippen LogP contribution < -0.4 is 10.5 Å². The number of sulfone groups is 1. The van der Waals surface area contributed by atoms with Crippen LogP contribution in [0.1, 0.15) is 27.9 Å². The molecule has 0 bridgehead atoms. The number of aryl methyl sites for hydroxylation is 2. The number of hydrogen-bond donors (Lipinski definition) is 1. The fraction of sp³-hybridized carbons (Fsp3) is 0.500. The highest BCUT2D eigenvalue weighted by atomic mass is 32.2. The minimum absolute atomic E-state index is 0.0892. The maximum absolute atomic E-state index is 12.3. The van der Waals surface area contributed by atoms with Crippen LogP contribution in [0.25, 0.3) is 0 Å². The molecule has 20 heavy (non-hydrogen) atoms. The predicted molar refractivity (Wildman–Crippen MR) is 79.1 cm³/mol. The molecular weight excluding hydrogens is 278 g/mol. The molecule has 0 fully saturated rings. The van der Waals surface area contributed by atoms with Crippen LogP contribution in [0.3, 0.4) is 0 Å². The fourth-order valence-electron chi connectivity index (χ4n) is 1.95. The maximum atomic E-state index is 12.3. The van der Waals surface area contributed by atoms with E-state index in [0.29, 0.717) is 11.3 Å². The highest BCUT2D eigenvalue weighted by molar-refractivity contribution is 7.90. The Morgan fingerprint density at radius 2 is 1.90 bits per heavy atom. The molecule has 0 aliphatic carbocycles. The SMILES string of the molecule is COc1cc(C)c(C(=O)C(N)CCS(C)(=O)=O)cc1C. The average molecular weight is 299 g/mol. The van der Waals surface area contributed by atoms with Gasteiger partial charge in [-0.2, -0.15) is 0 Å². The van der Waals surface area contributed by atoms with Crippen LogP contribution >= 0.6 is 0 Å². The van der Waals surface area contributed by atoms with Crippen LogP contribution in [-0.4, -0.2) is 39.4 Å².